The highest BCUT2D eigenvalue weighted by atomic mass is 35.5. The summed E-state index contributed by atoms with van der Waals surface area (Å²) in [6.45, 7) is 0. The van der Waals surface area contributed by atoms with E-state index in [1.807, 2.05) is 18.2 Å². The van der Waals surface area contributed by atoms with E-state index < -0.39 is 4.87 Å². The molecule has 5 aromatic rings. The van der Waals surface area contributed by atoms with Crippen molar-refractivity contribution >= 4 is 34.2 Å². The van der Waals surface area contributed by atoms with Crippen molar-refractivity contribution in [3.8, 4) is 23.6 Å². The molecule has 0 amide bonds. The Balaban J connectivity index is 1.84. The van der Waals surface area contributed by atoms with Gasteiger partial charge in [-0.3, -0.25) is 9.36 Å². The van der Waals surface area contributed by atoms with Crippen molar-refractivity contribution in [2.75, 3.05) is 0 Å². The van der Waals surface area contributed by atoms with Gasteiger partial charge < -0.3 is 0 Å². The van der Waals surface area contributed by atoms with E-state index in [4.69, 9.17) is 29.6 Å². The molecule has 0 spiro atoms. The first-order valence-electron chi connectivity index (χ1n) is 10.6. The van der Waals surface area contributed by atoms with Crippen molar-refractivity contribution in [1.82, 2.24) is 29.5 Å². The van der Waals surface area contributed by atoms with Crippen molar-refractivity contribution in [3.63, 3.8) is 0 Å². The number of alkyl halides is 1. The van der Waals surface area contributed by atoms with Gasteiger partial charge in [-0.05, 0) is 35.9 Å². The molecule has 7 nitrogen and oxygen atoms in total. The van der Waals surface area contributed by atoms with Crippen LogP contribution in [0.5, 0.6) is 0 Å². The summed E-state index contributed by atoms with van der Waals surface area (Å²) in [4.78, 5) is 20.7. The fraction of sp³-hybridized carbons (Fsp3) is 0.115. The van der Waals surface area contributed by atoms with Crippen molar-refractivity contribution in [1.29, 1.82) is 0 Å². The highest BCUT2D eigenvalue weighted by molar-refractivity contribution is 6.31. The van der Waals surface area contributed by atoms with Crippen LogP contribution in [0.1, 0.15) is 22.5 Å². The fourth-order valence-electron chi connectivity index (χ4n) is 4.13. The van der Waals surface area contributed by atoms with Crippen molar-refractivity contribution in [2.24, 2.45) is 14.1 Å². The van der Waals surface area contributed by atoms with Crippen molar-refractivity contribution in [2.45, 2.75) is 4.87 Å². The fourth-order valence-corrected chi connectivity index (χ4v) is 4.66. The van der Waals surface area contributed by atoms with E-state index in [1.54, 1.807) is 61.5 Å². The Morgan fingerprint density at radius 1 is 1.03 bits per heavy atom. The molecule has 4 heterocycles. The third kappa shape index (κ3) is 3.77. The van der Waals surface area contributed by atoms with Crippen LogP contribution in [0, 0.1) is 12.3 Å². The monoisotopic (exact) mass is 500 g/mol. The van der Waals surface area contributed by atoms with E-state index >= 15 is 0 Å². The van der Waals surface area contributed by atoms with Gasteiger partial charge in [-0.2, -0.15) is 0 Å². The zero-order valence-electron chi connectivity index (χ0n) is 18.8. The van der Waals surface area contributed by atoms with Crippen LogP contribution >= 0.6 is 23.2 Å². The van der Waals surface area contributed by atoms with Gasteiger partial charge in [0.15, 0.2) is 0 Å². The third-order valence-electron chi connectivity index (χ3n) is 5.95. The molecule has 0 bridgehead atoms. The standard InChI is InChI=1S/C26H18Cl2N6O/c1-4-19-6-5-7-22(31-19)20-13-24(35)33(2)25-21(20)12-17(14-29-25)26(28,23-15-30-32-34(23)3)16-8-10-18(27)11-9-16/h1,5-15H,2-3H3/t26-/m1/s1. The van der Waals surface area contributed by atoms with E-state index in [0.29, 0.717) is 44.3 Å². The smallest absolute Gasteiger partial charge is 0.252 e. The molecule has 9 heteroatoms. The van der Waals surface area contributed by atoms with Crippen LogP contribution in [-0.4, -0.2) is 29.5 Å². The largest absolute Gasteiger partial charge is 0.296 e. The quantitative estimate of drug-likeness (QED) is 0.271. The lowest BCUT2D eigenvalue weighted by Crippen LogP contribution is -2.26. The topological polar surface area (TPSA) is 78.5 Å². The number of pyridine rings is 3. The van der Waals surface area contributed by atoms with Gasteiger partial charge in [0, 0.05) is 47.9 Å². The molecule has 0 unspecified atom stereocenters. The van der Waals surface area contributed by atoms with Crippen molar-refractivity contribution < 1.29 is 0 Å². The van der Waals surface area contributed by atoms with Crippen LogP contribution in [0.15, 0.2) is 71.8 Å². The molecule has 0 N–H and O–H groups in total. The molecule has 35 heavy (non-hydrogen) atoms. The Morgan fingerprint density at radius 2 is 1.80 bits per heavy atom. The highest BCUT2D eigenvalue weighted by Crippen LogP contribution is 2.43. The Hall–Kier alpha value is -3.99. The summed E-state index contributed by atoms with van der Waals surface area (Å²) in [5.41, 5.74) is 3.97. The number of terminal acetylenes is 1. The molecule has 0 aliphatic rings. The molecule has 0 saturated heterocycles. The first-order chi connectivity index (χ1) is 16.8. The lowest BCUT2D eigenvalue weighted by atomic mass is 9.87. The number of aryl methyl sites for hydroxylation is 2. The Labute approximate surface area is 211 Å². The first-order valence-corrected chi connectivity index (χ1v) is 11.3. The number of hydrogen-bond acceptors (Lipinski definition) is 5. The Morgan fingerprint density at radius 3 is 2.49 bits per heavy atom. The molecule has 0 aliphatic heterocycles. The van der Waals surface area contributed by atoms with Crippen LogP contribution < -0.4 is 5.56 Å². The van der Waals surface area contributed by atoms with Crippen LogP contribution in [0.3, 0.4) is 0 Å². The maximum absolute atomic E-state index is 12.7. The number of benzene rings is 1. The summed E-state index contributed by atoms with van der Waals surface area (Å²) in [6, 6.07) is 16.0. The van der Waals surface area contributed by atoms with Gasteiger partial charge in [0.25, 0.3) is 5.56 Å². The average molecular weight is 501 g/mol. The second-order valence-corrected chi connectivity index (χ2v) is 9.01. The maximum atomic E-state index is 12.7. The molecular weight excluding hydrogens is 483 g/mol. The number of nitrogens with zero attached hydrogens (tertiary/aromatic N) is 6. The minimum Gasteiger partial charge on any atom is -0.296 e. The molecule has 1 aromatic carbocycles. The highest BCUT2D eigenvalue weighted by Gasteiger charge is 2.38. The van der Waals surface area contributed by atoms with Crippen LogP contribution in [-0.2, 0) is 19.0 Å². The molecule has 0 aliphatic carbocycles. The van der Waals surface area contributed by atoms with Gasteiger partial charge in [0.2, 0.25) is 0 Å². The Kier molecular flexibility index (Phi) is 5.64. The van der Waals surface area contributed by atoms with E-state index in [0.717, 1.165) is 5.56 Å². The molecule has 172 valence electrons. The minimum atomic E-state index is -1.19. The lowest BCUT2D eigenvalue weighted by Gasteiger charge is -2.28. The predicted molar refractivity (Wildman–Crippen MR) is 136 cm³/mol. The zero-order chi connectivity index (χ0) is 24.7. The molecule has 0 saturated carbocycles. The van der Waals surface area contributed by atoms with Crippen molar-refractivity contribution in [3.05, 3.63) is 105 Å². The average Bonchev–Trinajstić information content (AvgIpc) is 3.32. The van der Waals surface area contributed by atoms with E-state index in [9.17, 15) is 4.79 Å². The minimum absolute atomic E-state index is 0.216. The summed E-state index contributed by atoms with van der Waals surface area (Å²) < 4.78 is 3.10. The summed E-state index contributed by atoms with van der Waals surface area (Å²) in [5, 5.41) is 9.40. The number of rotatable bonds is 4. The predicted octanol–water partition coefficient (Wildman–Crippen LogP) is 4.29. The van der Waals surface area contributed by atoms with E-state index in [-0.39, 0.29) is 5.56 Å². The van der Waals surface area contributed by atoms with Gasteiger partial charge in [0.05, 0.1) is 17.6 Å². The molecule has 0 radical (unpaired) electrons. The van der Waals surface area contributed by atoms with E-state index in [1.165, 1.54) is 10.6 Å². The first kappa shape index (κ1) is 22.8. The van der Waals surface area contributed by atoms with Gasteiger partial charge in [0.1, 0.15) is 16.2 Å². The second kappa shape index (κ2) is 8.66. The zero-order valence-corrected chi connectivity index (χ0v) is 20.3. The summed E-state index contributed by atoms with van der Waals surface area (Å²) in [5.74, 6) is 2.54. The van der Waals surface area contributed by atoms with Crippen LogP contribution in [0.4, 0.5) is 0 Å². The number of hydrogen-bond donors (Lipinski definition) is 0. The summed E-state index contributed by atoms with van der Waals surface area (Å²) >= 11 is 13.6. The second-order valence-electron chi connectivity index (χ2n) is 8.01. The van der Waals surface area contributed by atoms with Crippen LogP contribution in [0.25, 0.3) is 22.3 Å². The van der Waals surface area contributed by atoms with Gasteiger partial charge in [-0.15, -0.1) is 23.1 Å². The molecular formula is C26H18Cl2N6O. The molecule has 4 aromatic heterocycles. The molecule has 0 fully saturated rings. The SMILES string of the molecule is C#Cc1cccc(-c2cc(=O)n(C)c3ncc([C@](Cl)(c4ccc(Cl)cc4)c4cnnn4C)cc23)n1. The maximum Gasteiger partial charge on any atom is 0.252 e. The Bertz CT molecular complexity index is 1680. The molecule has 5 rings (SSSR count). The summed E-state index contributed by atoms with van der Waals surface area (Å²) in [7, 11) is 3.44. The van der Waals surface area contributed by atoms with Gasteiger partial charge in [-0.1, -0.05) is 40.9 Å². The van der Waals surface area contributed by atoms with Crippen LogP contribution in [0.2, 0.25) is 5.02 Å². The number of fused-ring (bicyclic) bond motifs is 1. The number of aromatic nitrogens is 6. The van der Waals surface area contributed by atoms with Gasteiger partial charge >= 0.3 is 0 Å². The molecule has 1 atom stereocenters. The van der Waals surface area contributed by atoms with E-state index in [2.05, 4.69) is 26.2 Å². The third-order valence-corrected chi connectivity index (χ3v) is 6.84. The lowest BCUT2D eigenvalue weighted by molar-refractivity contribution is 0.649. The normalized spacial score (nSPS) is 12.9. The summed E-state index contributed by atoms with van der Waals surface area (Å²) in [6.07, 6.45) is 8.83. The number of halogens is 2. The van der Waals surface area contributed by atoms with Gasteiger partial charge in [-0.25, -0.2) is 14.6 Å².